The summed E-state index contributed by atoms with van der Waals surface area (Å²) in [7, 11) is 1.28. The van der Waals surface area contributed by atoms with E-state index < -0.39 is 5.97 Å². The molecule has 3 rings (SSSR count). The van der Waals surface area contributed by atoms with Crippen LogP contribution in [0.4, 0.5) is 9.52 Å². The number of rotatable bonds is 6. The van der Waals surface area contributed by atoms with Crippen molar-refractivity contribution in [1.82, 2.24) is 25.2 Å². The quantitative estimate of drug-likeness (QED) is 0.487. The number of benzene rings is 1. The van der Waals surface area contributed by atoms with Crippen LogP contribution in [0, 0.1) is 12.7 Å². The molecule has 0 aliphatic heterocycles. The highest BCUT2D eigenvalue weighted by atomic mass is 32.2. The van der Waals surface area contributed by atoms with E-state index in [-0.39, 0.29) is 17.5 Å². The molecule has 0 aliphatic rings. The largest absolute Gasteiger partial charge is 0.465 e. The van der Waals surface area contributed by atoms with E-state index in [2.05, 4.69) is 30.6 Å². The van der Waals surface area contributed by atoms with Gasteiger partial charge in [0.25, 0.3) is 0 Å². The van der Waals surface area contributed by atoms with Crippen LogP contribution in [0.25, 0.3) is 5.69 Å². The number of esters is 1. The first kappa shape index (κ1) is 18.9. The molecule has 0 saturated heterocycles. The Labute approximate surface area is 160 Å². The highest BCUT2D eigenvalue weighted by molar-refractivity contribution is 7.99. The van der Waals surface area contributed by atoms with Crippen molar-refractivity contribution >= 4 is 40.1 Å². The van der Waals surface area contributed by atoms with Crippen molar-refractivity contribution in [3.8, 4) is 5.69 Å². The Balaban J connectivity index is 1.63. The predicted octanol–water partition coefficient (Wildman–Crippen LogP) is 2.08. The van der Waals surface area contributed by atoms with Gasteiger partial charge in [0.1, 0.15) is 10.7 Å². The molecule has 0 saturated carbocycles. The molecule has 0 radical (unpaired) electrons. The van der Waals surface area contributed by atoms with Gasteiger partial charge in [-0.15, -0.1) is 5.10 Å². The smallest absolute Gasteiger partial charge is 0.350 e. The van der Waals surface area contributed by atoms with Gasteiger partial charge in [-0.05, 0) is 41.6 Å². The van der Waals surface area contributed by atoms with Crippen LogP contribution in [-0.4, -0.2) is 49.9 Å². The summed E-state index contributed by atoms with van der Waals surface area (Å²) < 4.78 is 19.1. The Morgan fingerprint density at radius 1 is 1.33 bits per heavy atom. The molecule has 0 bridgehead atoms. The maximum Gasteiger partial charge on any atom is 0.350 e. The number of hydrogen-bond donors (Lipinski definition) is 1. The molecule has 1 N–H and O–H groups in total. The second-order valence-corrected chi connectivity index (χ2v) is 7.05. The number of anilines is 1. The van der Waals surface area contributed by atoms with E-state index in [0.29, 0.717) is 26.5 Å². The second kappa shape index (κ2) is 8.22. The second-order valence-electron chi connectivity index (χ2n) is 5.11. The van der Waals surface area contributed by atoms with E-state index in [4.69, 9.17) is 0 Å². The molecule has 0 spiro atoms. The molecule has 9 nitrogen and oxygen atoms in total. The Kier molecular flexibility index (Phi) is 5.76. The number of tetrazole rings is 1. The number of nitrogens with one attached hydrogen (secondary N) is 1. The molecule has 1 amide bonds. The summed E-state index contributed by atoms with van der Waals surface area (Å²) in [4.78, 5) is 28.2. The van der Waals surface area contributed by atoms with Gasteiger partial charge in [-0.2, -0.15) is 4.68 Å². The summed E-state index contributed by atoms with van der Waals surface area (Å²) in [6.07, 6.45) is 0. The van der Waals surface area contributed by atoms with Gasteiger partial charge in [-0.1, -0.05) is 23.1 Å². The zero-order valence-corrected chi connectivity index (χ0v) is 15.8. The highest BCUT2D eigenvalue weighted by Gasteiger charge is 2.18. The molecular weight excluding hydrogens is 395 g/mol. The summed E-state index contributed by atoms with van der Waals surface area (Å²) in [5, 5.41) is 14.6. The summed E-state index contributed by atoms with van der Waals surface area (Å²) in [6.45, 7) is 1.66. The zero-order chi connectivity index (χ0) is 19.4. The Morgan fingerprint density at radius 2 is 2.07 bits per heavy atom. The first-order valence-electron chi connectivity index (χ1n) is 7.50. The third-order valence-electron chi connectivity index (χ3n) is 3.26. The fourth-order valence-corrected chi connectivity index (χ4v) is 3.62. The zero-order valence-electron chi connectivity index (χ0n) is 14.2. The Hall–Kier alpha value is -2.86. The Morgan fingerprint density at radius 3 is 2.78 bits per heavy atom. The average molecular weight is 408 g/mol. The van der Waals surface area contributed by atoms with Crippen LogP contribution < -0.4 is 5.32 Å². The van der Waals surface area contributed by atoms with Gasteiger partial charge in [-0.25, -0.2) is 14.2 Å². The van der Waals surface area contributed by atoms with Crippen molar-refractivity contribution in [1.29, 1.82) is 0 Å². The molecule has 3 aromatic rings. The number of carbonyl (C=O) groups excluding carboxylic acids is 2. The van der Waals surface area contributed by atoms with E-state index in [1.807, 2.05) is 0 Å². The number of amides is 1. The van der Waals surface area contributed by atoms with E-state index in [1.165, 1.54) is 36.1 Å². The molecule has 0 aliphatic carbocycles. The SMILES string of the molecule is COC(=O)c1sc(NC(=O)CSc2nnnn2-c2ccc(F)cc2)nc1C. The van der Waals surface area contributed by atoms with Crippen molar-refractivity contribution in [2.75, 3.05) is 18.2 Å². The molecule has 2 aromatic heterocycles. The van der Waals surface area contributed by atoms with Crippen LogP contribution in [-0.2, 0) is 9.53 Å². The molecule has 0 atom stereocenters. The van der Waals surface area contributed by atoms with E-state index >= 15 is 0 Å². The van der Waals surface area contributed by atoms with Crippen LogP contribution in [0.15, 0.2) is 29.4 Å². The molecule has 27 heavy (non-hydrogen) atoms. The summed E-state index contributed by atoms with van der Waals surface area (Å²) in [5.41, 5.74) is 1.05. The van der Waals surface area contributed by atoms with Gasteiger partial charge < -0.3 is 10.1 Å². The van der Waals surface area contributed by atoms with Gasteiger partial charge in [0, 0.05) is 0 Å². The molecular formula is C15H13FN6O3S2. The van der Waals surface area contributed by atoms with Crippen molar-refractivity contribution in [3.63, 3.8) is 0 Å². The fourth-order valence-electron chi connectivity index (χ4n) is 2.03. The minimum absolute atomic E-state index is 0.0216. The molecule has 2 heterocycles. The lowest BCUT2D eigenvalue weighted by Crippen LogP contribution is -2.14. The molecule has 0 fully saturated rings. The number of aromatic nitrogens is 5. The van der Waals surface area contributed by atoms with E-state index in [0.717, 1.165) is 23.1 Å². The topological polar surface area (TPSA) is 112 Å². The van der Waals surface area contributed by atoms with Crippen LogP contribution in [0.1, 0.15) is 15.4 Å². The Bertz CT molecular complexity index is 972. The number of carbonyl (C=O) groups is 2. The van der Waals surface area contributed by atoms with Crippen LogP contribution in [0.3, 0.4) is 0 Å². The number of aryl methyl sites for hydroxylation is 1. The predicted molar refractivity (Wildman–Crippen MR) is 96.7 cm³/mol. The summed E-state index contributed by atoms with van der Waals surface area (Å²) in [5.74, 6) is -1.18. The lowest BCUT2D eigenvalue weighted by atomic mass is 10.3. The van der Waals surface area contributed by atoms with Crippen molar-refractivity contribution < 1.29 is 18.7 Å². The molecule has 140 valence electrons. The van der Waals surface area contributed by atoms with E-state index in [1.54, 1.807) is 6.92 Å². The number of nitrogens with zero attached hydrogens (tertiary/aromatic N) is 5. The summed E-state index contributed by atoms with van der Waals surface area (Å²) in [6, 6.07) is 5.65. The lowest BCUT2D eigenvalue weighted by molar-refractivity contribution is -0.113. The monoisotopic (exact) mass is 408 g/mol. The van der Waals surface area contributed by atoms with Gasteiger partial charge in [0.05, 0.1) is 24.2 Å². The lowest BCUT2D eigenvalue weighted by Gasteiger charge is -2.04. The number of halogens is 1. The highest BCUT2D eigenvalue weighted by Crippen LogP contribution is 2.24. The van der Waals surface area contributed by atoms with Gasteiger partial charge in [0.15, 0.2) is 5.13 Å². The minimum Gasteiger partial charge on any atom is -0.465 e. The molecule has 1 aromatic carbocycles. The minimum atomic E-state index is -0.502. The first-order chi connectivity index (χ1) is 13.0. The number of thiazole rings is 1. The standard InChI is InChI=1S/C15H13FN6O3S2/c1-8-12(13(24)25-2)27-14(17-8)18-11(23)7-26-15-19-20-21-22(15)10-5-3-9(16)4-6-10/h3-6H,7H2,1-2H3,(H,17,18,23). The number of ether oxygens (including phenoxy) is 1. The molecule has 12 heteroatoms. The first-order valence-corrected chi connectivity index (χ1v) is 9.31. The number of methoxy groups -OCH3 is 1. The van der Waals surface area contributed by atoms with Crippen molar-refractivity contribution in [2.45, 2.75) is 12.1 Å². The van der Waals surface area contributed by atoms with Crippen LogP contribution in [0.5, 0.6) is 0 Å². The van der Waals surface area contributed by atoms with Gasteiger partial charge >= 0.3 is 5.97 Å². The van der Waals surface area contributed by atoms with Crippen molar-refractivity contribution in [3.05, 3.63) is 40.7 Å². The number of thioether (sulfide) groups is 1. The number of hydrogen-bond acceptors (Lipinski definition) is 9. The maximum absolute atomic E-state index is 13.0. The van der Waals surface area contributed by atoms with E-state index in [9.17, 15) is 14.0 Å². The fraction of sp³-hybridized carbons (Fsp3) is 0.200. The van der Waals surface area contributed by atoms with Crippen molar-refractivity contribution in [2.24, 2.45) is 0 Å². The van der Waals surface area contributed by atoms with Crippen LogP contribution in [0.2, 0.25) is 0 Å². The average Bonchev–Trinajstić information content (AvgIpc) is 3.26. The third-order valence-corrected chi connectivity index (χ3v) is 5.23. The third kappa shape index (κ3) is 4.46. The van der Waals surface area contributed by atoms with Gasteiger partial charge in [-0.3, -0.25) is 4.79 Å². The normalized spacial score (nSPS) is 10.6. The van der Waals surface area contributed by atoms with Crippen LogP contribution >= 0.6 is 23.1 Å². The maximum atomic E-state index is 13.0. The molecule has 0 unspecified atom stereocenters. The summed E-state index contributed by atoms with van der Waals surface area (Å²) >= 11 is 2.15. The van der Waals surface area contributed by atoms with Gasteiger partial charge in [0.2, 0.25) is 11.1 Å².